The molecule has 0 amide bonds. The van der Waals surface area contributed by atoms with Crippen molar-refractivity contribution in [2.45, 2.75) is 18.5 Å². The van der Waals surface area contributed by atoms with Gasteiger partial charge in [-0.1, -0.05) is 35.9 Å². The van der Waals surface area contributed by atoms with Crippen LogP contribution in [-0.2, 0) is 16.0 Å². The summed E-state index contributed by atoms with van der Waals surface area (Å²) < 4.78 is 19.4. The second-order valence-corrected chi connectivity index (χ2v) is 6.48. The van der Waals surface area contributed by atoms with Crippen molar-refractivity contribution in [2.24, 2.45) is 0 Å². The number of para-hydroxylation sites is 1. The van der Waals surface area contributed by atoms with Gasteiger partial charge >= 0.3 is 5.97 Å². The predicted octanol–water partition coefficient (Wildman–Crippen LogP) is 3.74. The van der Waals surface area contributed by atoms with Crippen molar-refractivity contribution in [2.75, 3.05) is 7.11 Å². The SMILES string of the molecule is COC(=O)[C@@H]1Cc2c([nH]c3ccccc23)[C@@H](c2c(F)cccc2Cl)N1. The van der Waals surface area contributed by atoms with E-state index in [2.05, 4.69) is 10.3 Å². The molecule has 0 unspecified atom stereocenters. The predicted molar refractivity (Wildman–Crippen MR) is 94.2 cm³/mol. The van der Waals surface area contributed by atoms with Crippen molar-refractivity contribution >= 4 is 28.5 Å². The molecule has 4 nitrogen and oxygen atoms in total. The lowest BCUT2D eigenvalue weighted by atomic mass is 9.90. The van der Waals surface area contributed by atoms with Gasteiger partial charge in [0.1, 0.15) is 11.9 Å². The van der Waals surface area contributed by atoms with E-state index in [0.29, 0.717) is 17.0 Å². The lowest BCUT2D eigenvalue weighted by Gasteiger charge is -2.30. The Balaban J connectivity index is 1.93. The molecule has 128 valence electrons. The number of esters is 1. The Morgan fingerprint density at radius 2 is 2.04 bits per heavy atom. The third-order valence-corrected chi connectivity index (χ3v) is 5.02. The number of aromatic nitrogens is 1. The molecule has 1 aliphatic rings. The highest BCUT2D eigenvalue weighted by Gasteiger charge is 2.36. The topological polar surface area (TPSA) is 54.1 Å². The van der Waals surface area contributed by atoms with Crippen molar-refractivity contribution < 1.29 is 13.9 Å². The summed E-state index contributed by atoms with van der Waals surface area (Å²) in [4.78, 5) is 15.5. The lowest BCUT2D eigenvalue weighted by Crippen LogP contribution is -2.45. The van der Waals surface area contributed by atoms with Gasteiger partial charge in [0.25, 0.3) is 0 Å². The zero-order valence-electron chi connectivity index (χ0n) is 13.5. The van der Waals surface area contributed by atoms with Gasteiger partial charge in [0.05, 0.1) is 13.2 Å². The third kappa shape index (κ3) is 2.60. The van der Waals surface area contributed by atoms with Crippen LogP contribution in [0.1, 0.15) is 22.9 Å². The average Bonchev–Trinajstić information content (AvgIpc) is 2.99. The van der Waals surface area contributed by atoms with E-state index < -0.39 is 17.9 Å². The Morgan fingerprint density at radius 3 is 2.80 bits per heavy atom. The number of hydrogen-bond donors (Lipinski definition) is 2. The molecule has 0 saturated heterocycles. The summed E-state index contributed by atoms with van der Waals surface area (Å²) in [5.41, 5.74) is 3.07. The molecule has 0 bridgehead atoms. The molecule has 1 aromatic heterocycles. The summed E-state index contributed by atoms with van der Waals surface area (Å²) in [6.45, 7) is 0. The fourth-order valence-electron chi connectivity index (χ4n) is 3.54. The van der Waals surface area contributed by atoms with E-state index in [1.165, 1.54) is 13.2 Å². The van der Waals surface area contributed by atoms with Gasteiger partial charge in [-0.2, -0.15) is 0 Å². The molecule has 2 N–H and O–H groups in total. The highest BCUT2D eigenvalue weighted by molar-refractivity contribution is 6.31. The third-order valence-electron chi connectivity index (χ3n) is 4.69. The van der Waals surface area contributed by atoms with Crippen LogP contribution >= 0.6 is 11.6 Å². The summed E-state index contributed by atoms with van der Waals surface area (Å²) in [6, 6.07) is 11.3. The number of nitrogens with one attached hydrogen (secondary N) is 2. The second kappa shape index (κ2) is 6.17. The van der Waals surface area contributed by atoms with Crippen LogP contribution in [0.3, 0.4) is 0 Å². The number of ether oxygens (including phenoxy) is 1. The number of hydrogen-bond acceptors (Lipinski definition) is 3. The van der Waals surface area contributed by atoms with E-state index in [-0.39, 0.29) is 5.97 Å². The Hall–Kier alpha value is -2.37. The number of carbonyl (C=O) groups excluding carboxylic acids is 1. The van der Waals surface area contributed by atoms with Gasteiger partial charge in [-0.15, -0.1) is 0 Å². The van der Waals surface area contributed by atoms with Gasteiger partial charge in [0.2, 0.25) is 0 Å². The number of aromatic amines is 1. The van der Waals surface area contributed by atoms with Gasteiger partial charge in [-0.3, -0.25) is 10.1 Å². The number of carbonyl (C=O) groups is 1. The molecule has 0 fully saturated rings. The molecular weight excluding hydrogens is 343 g/mol. The maximum Gasteiger partial charge on any atom is 0.323 e. The molecule has 0 spiro atoms. The van der Waals surface area contributed by atoms with Gasteiger partial charge in [0.15, 0.2) is 0 Å². The average molecular weight is 359 g/mol. The Bertz CT molecular complexity index is 949. The second-order valence-electron chi connectivity index (χ2n) is 6.08. The molecule has 0 aliphatic carbocycles. The number of H-pyrrole nitrogens is 1. The summed E-state index contributed by atoms with van der Waals surface area (Å²) in [5, 5.41) is 4.52. The zero-order valence-corrected chi connectivity index (χ0v) is 14.2. The fourth-order valence-corrected chi connectivity index (χ4v) is 3.81. The van der Waals surface area contributed by atoms with E-state index in [1.54, 1.807) is 12.1 Å². The normalized spacial score (nSPS) is 19.6. The molecule has 3 aromatic rings. The zero-order chi connectivity index (χ0) is 17.6. The largest absolute Gasteiger partial charge is 0.468 e. The molecule has 1 aliphatic heterocycles. The molecule has 2 atom stereocenters. The number of rotatable bonds is 2. The number of benzene rings is 2. The van der Waals surface area contributed by atoms with Crippen LogP contribution < -0.4 is 5.32 Å². The van der Waals surface area contributed by atoms with Gasteiger partial charge in [0, 0.05) is 33.6 Å². The molecule has 6 heteroatoms. The number of methoxy groups -OCH3 is 1. The Morgan fingerprint density at radius 1 is 1.24 bits per heavy atom. The highest BCUT2D eigenvalue weighted by atomic mass is 35.5. The quantitative estimate of drug-likeness (QED) is 0.686. The van der Waals surface area contributed by atoms with E-state index >= 15 is 0 Å². The minimum Gasteiger partial charge on any atom is -0.468 e. The van der Waals surface area contributed by atoms with E-state index in [1.807, 2.05) is 24.3 Å². The van der Waals surface area contributed by atoms with Crippen LogP contribution in [0.25, 0.3) is 10.9 Å². The first-order valence-corrected chi connectivity index (χ1v) is 8.35. The molecule has 2 heterocycles. The minimum atomic E-state index is -0.572. The molecule has 4 rings (SSSR count). The first-order valence-electron chi connectivity index (χ1n) is 7.97. The van der Waals surface area contributed by atoms with Crippen molar-refractivity contribution in [3.63, 3.8) is 0 Å². The first kappa shape index (κ1) is 16.1. The molecule has 0 saturated carbocycles. The summed E-state index contributed by atoms with van der Waals surface area (Å²) in [5.74, 6) is -0.798. The minimum absolute atomic E-state index is 0.313. The maximum absolute atomic E-state index is 14.5. The van der Waals surface area contributed by atoms with Crippen molar-refractivity contribution in [3.05, 3.63) is 70.1 Å². The Labute approximate surface area is 148 Å². The summed E-state index contributed by atoms with van der Waals surface area (Å²) >= 11 is 6.28. The van der Waals surface area contributed by atoms with Crippen LogP contribution in [0.5, 0.6) is 0 Å². The smallest absolute Gasteiger partial charge is 0.323 e. The van der Waals surface area contributed by atoms with Crippen LogP contribution in [0.15, 0.2) is 42.5 Å². The molecular formula is C19H16ClFN2O2. The fraction of sp³-hybridized carbons (Fsp3) is 0.211. The summed E-state index contributed by atoms with van der Waals surface area (Å²) in [6.07, 6.45) is 0.467. The first-order chi connectivity index (χ1) is 12.1. The summed E-state index contributed by atoms with van der Waals surface area (Å²) in [7, 11) is 1.35. The molecule has 0 radical (unpaired) electrons. The van der Waals surface area contributed by atoms with Crippen LogP contribution in [0, 0.1) is 5.82 Å². The van der Waals surface area contributed by atoms with Crippen LogP contribution in [-0.4, -0.2) is 24.1 Å². The van der Waals surface area contributed by atoms with E-state index in [4.69, 9.17) is 16.3 Å². The maximum atomic E-state index is 14.5. The monoisotopic (exact) mass is 358 g/mol. The number of fused-ring (bicyclic) bond motifs is 3. The molecule has 2 aromatic carbocycles. The van der Waals surface area contributed by atoms with Crippen molar-refractivity contribution in [1.29, 1.82) is 0 Å². The number of halogens is 2. The van der Waals surface area contributed by atoms with Crippen LogP contribution in [0.2, 0.25) is 5.02 Å². The van der Waals surface area contributed by atoms with Gasteiger partial charge in [-0.25, -0.2) is 4.39 Å². The van der Waals surface area contributed by atoms with Gasteiger partial charge in [-0.05, 0) is 23.8 Å². The van der Waals surface area contributed by atoms with E-state index in [0.717, 1.165) is 22.2 Å². The molecule has 25 heavy (non-hydrogen) atoms. The van der Waals surface area contributed by atoms with Crippen molar-refractivity contribution in [1.82, 2.24) is 10.3 Å². The van der Waals surface area contributed by atoms with E-state index in [9.17, 15) is 9.18 Å². The van der Waals surface area contributed by atoms with Crippen LogP contribution in [0.4, 0.5) is 4.39 Å². The van der Waals surface area contributed by atoms with Gasteiger partial charge < -0.3 is 9.72 Å². The van der Waals surface area contributed by atoms with Crippen molar-refractivity contribution in [3.8, 4) is 0 Å². The lowest BCUT2D eigenvalue weighted by molar-refractivity contribution is -0.143. The standard InChI is InChI=1S/C19H16ClFN2O2/c1-25-19(24)15-9-11-10-5-2-3-8-14(10)22-17(11)18(23-15)16-12(20)6-4-7-13(16)21/h2-8,15,18,22-23H,9H2,1H3/t15-,18+/m0/s1. The highest BCUT2D eigenvalue weighted by Crippen LogP contribution is 2.38. The Kier molecular flexibility index (Phi) is 3.98.